The fourth-order valence-electron chi connectivity index (χ4n) is 3.88. The maximum atomic E-state index is 13.3. The molecular formula is C22H20N4O3. The number of guanidine groups is 1. The fraction of sp³-hybridized carbons (Fsp3) is 0.227. The molecule has 0 aromatic heterocycles. The van der Waals surface area contributed by atoms with Gasteiger partial charge in [0.1, 0.15) is 11.7 Å². The number of amides is 2. The molecule has 0 radical (unpaired) electrons. The Morgan fingerprint density at radius 3 is 2.24 bits per heavy atom. The number of aliphatic imine (C=N–C) groups is 1. The van der Waals surface area contributed by atoms with Crippen LogP contribution in [0.3, 0.4) is 0 Å². The second kappa shape index (κ2) is 7.18. The number of rotatable bonds is 2. The van der Waals surface area contributed by atoms with E-state index in [0.29, 0.717) is 49.2 Å². The third kappa shape index (κ3) is 3.00. The molecule has 0 spiro atoms. The standard InChI is InChI=1S/C22H20N4O3/c27-20-17-18(15-7-3-1-4-8-15)23-22(25-11-13-29-14-12-25)24-19(17)21(28)26(20)16-9-5-2-6-10-16/h1-10,18H,11-14H2,(H,23,24). The number of ether oxygens (including phenoxy) is 1. The van der Waals surface area contributed by atoms with E-state index in [-0.39, 0.29) is 11.8 Å². The van der Waals surface area contributed by atoms with E-state index >= 15 is 0 Å². The van der Waals surface area contributed by atoms with Crippen molar-refractivity contribution >= 4 is 23.5 Å². The second-order valence-corrected chi connectivity index (χ2v) is 7.06. The van der Waals surface area contributed by atoms with E-state index < -0.39 is 6.04 Å². The minimum atomic E-state index is -0.532. The maximum Gasteiger partial charge on any atom is 0.282 e. The first-order valence-electron chi connectivity index (χ1n) is 9.64. The zero-order valence-corrected chi connectivity index (χ0v) is 15.7. The van der Waals surface area contributed by atoms with Gasteiger partial charge in [-0.3, -0.25) is 9.59 Å². The van der Waals surface area contributed by atoms with Gasteiger partial charge in [0.05, 0.1) is 24.5 Å². The first-order chi connectivity index (χ1) is 14.2. The molecule has 2 amide bonds. The van der Waals surface area contributed by atoms with Gasteiger partial charge in [-0.25, -0.2) is 9.89 Å². The van der Waals surface area contributed by atoms with Gasteiger partial charge in [0.15, 0.2) is 5.96 Å². The normalized spacial score (nSPS) is 21.8. The SMILES string of the molecule is O=C1C2=C(C(=O)N1c1ccccc1)C(c1ccccc1)N=C(N1CCOCC1)N2. The molecule has 1 atom stereocenters. The van der Waals surface area contributed by atoms with Gasteiger partial charge in [-0.15, -0.1) is 0 Å². The Labute approximate surface area is 168 Å². The topological polar surface area (TPSA) is 74.2 Å². The molecule has 29 heavy (non-hydrogen) atoms. The Morgan fingerprint density at radius 2 is 1.55 bits per heavy atom. The summed E-state index contributed by atoms with van der Waals surface area (Å²) in [5, 5.41) is 3.15. The molecule has 3 aliphatic heterocycles. The molecule has 2 aromatic carbocycles. The number of hydrogen-bond acceptors (Lipinski definition) is 6. The molecule has 0 aliphatic carbocycles. The first kappa shape index (κ1) is 17.6. The van der Waals surface area contributed by atoms with Crippen molar-refractivity contribution in [2.45, 2.75) is 6.04 Å². The molecule has 3 heterocycles. The molecule has 0 saturated carbocycles. The van der Waals surface area contributed by atoms with Crippen LogP contribution in [0, 0.1) is 0 Å². The van der Waals surface area contributed by atoms with E-state index in [0.717, 1.165) is 5.56 Å². The second-order valence-electron chi connectivity index (χ2n) is 7.06. The van der Waals surface area contributed by atoms with Gasteiger partial charge in [-0.2, -0.15) is 0 Å². The molecule has 0 bridgehead atoms. The summed E-state index contributed by atoms with van der Waals surface area (Å²) >= 11 is 0. The number of hydrogen-bond donors (Lipinski definition) is 1. The van der Waals surface area contributed by atoms with E-state index in [1.165, 1.54) is 4.90 Å². The average Bonchev–Trinajstić information content (AvgIpc) is 3.05. The highest BCUT2D eigenvalue weighted by atomic mass is 16.5. The summed E-state index contributed by atoms with van der Waals surface area (Å²) in [7, 11) is 0. The number of anilines is 1. The number of imide groups is 1. The monoisotopic (exact) mass is 388 g/mol. The lowest BCUT2D eigenvalue weighted by Crippen LogP contribution is -2.49. The van der Waals surface area contributed by atoms with Crippen LogP contribution in [0.2, 0.25) is 0 Å². The summed E-state index contributed by atoms with van der Waals surface area (Å²) in [4.78, 5) is 34.7. The highest BCUT2D eigenvalue weighted by molar-refractivity contribution is 6.34. The van der Waals surface area contributed by atoms with Gasteiger partial charge in [0.2, 0.25) is 0 Å². The van der Waals surface area contributed by atoms with Crippen molar-refractivity contribution in [1.82, 2.24) is 10.2 Å². The summed E-state index contributed by atoms with van der Waals surface area (Å²) < 4.78 is 5.44. The molecule has 1 fully saturated rings. The van der Waals surface area contributed by atoms with Crippen molar-refractivity contribution in [2.24, 2.45) is 4.99 Å². The quantitative estimate of drug-likeness (QED) is 0.795. The van der Waals surface area contributed by atoms with Gasteiger partial charge >= 0.3 is 0 Å². The van der Waals surface area contributed by atoms with Crippen LogP contribution in [-0.4, -0.2) is 49.0 Å². The van der Waals surface area contributed by atoms with Crippen molar-refractivity contribution < 1.29 is 14.3 Å². The molecule has 2 aromatic rings. The van der Waals surface area contributed by atoms with Crippen molar-refractivity contribution in [2.75, 3.05) is 31.2 Å². The molecule has 7 heteroatoms. The third-order valence-corrected chi connectivity index (χ3v) is 5.32. The number of nitrogens with one attached hydrogen (secondary N) is 1. The van der Waals surface area contributed by atoms with E-state index in [1.807, 2.05) is 48.5 Å². The molecule has 3 aliphatic rings. The van der Waals surface area contributed by atoms with Crippen LogP contribution in [0.25, 0.3) is 0 Å². The lowest BCUT2D eigenvalue weighted by atomic mass is 9.97. The van der Waals surface area contributed by atoms with Crippen molar-refractivity contribution in [3.63, 3.8) is 0 Å². The lowest BCUT2D eigenvalue weighted by molar-refractivity contribution is -0.120. The van der Waals surface area contributed by atoms with Crippen molar-refractivity contribution in [3.05, 3.63) is 77.5 Å². The highest BCUT2D eigenvalue weighted by Gasteiger charge is 2.46. The lowest BCUT2D eigenvalue weighted by Gasteiger charge is -2.33. The summed E-state index contributed by atoms with van der Waals surface area (Å²) in [6.45, 7) is 2.57. The largest absolute Gasteiger partial charge is 0.378 e. The maximum absolute atomic E-state index is 13.3. The Kier molecular flexibility index (Phi) is 4.37. The molecule has 5 rings (SSSR count). The smallest absolute Gasteiger partial charge is 0.282 e. The number of nitrogens with zero attached hydrogens (tertiary/aromatic N) is 3. The predicted octanol–water partition coefficient (Wildman–Crippen LogP) is 1.85. The van der Waals surface area contributed by atoms with Crippen LogP contribution >= 0.6 is 0 Å². The average molecular weight is 388 g/mol. The Balaban J connectivity index is 1.57. The third-order valence-electron chi connectivity index (χ3n) is 5.32. The van der Waals surface area contributed by atoms with E-state index in [1.54, 1.807) is 12.1 Å². The van der Waals surface area contributed by atoms with Crippen molar-refractivity contribution in [3.8, 4) is 0 Å². The predicted molar refractivity (Wildman–Crippen MR) is 108 cm³/mol. The Bertz CT molecular complexity index is 1010. The van der Waals surface area contributed by atoms with Gasteiger partial charge < -0.3 is 15.0 Å². The number of carbonyl (C=O) groups is 2. The molecule has 146 valence electrons. The van der Waals surface area contributed by atoms with Crippen LogP contribution < -0.4 is 10.2 Å². The van der Waals surface area contributed by atoms with Crippen LogP contribution in [0.15, 0.2) is 76.9 Å². The van der Waals surface area contributed by atoms with Gasteiger partial charge in [0, 0.05) is 13.1 Å². The molecule has 7 nitrogen and oxygen atoms in total. The molecule has 1 unspecified atom stereocenters. The van der Waals surface area contributed by atoms with Crippen LogP contribution in [-0.2, 0) is 14.3 Å². The van der Waals surface area contributed by atoms with Crippen LogP contribution in [0.1, 0.15) is 11.6 Å². The zero-order chi connectivity index (χ0) is 19.8. The van der Waals surface area contributed by atoms with Crippen LogP contribution in [0.5, 0.6) is 0 Å². The minimum Gasteiger partial charge on any atom is -0.378 e. The van der Waals surface area contributed by atoms with Gasteiger partial charge in [-0.05, 0) is 17.7 Å². The van der Waals surface area contributed by atoms with Gasteiger partial charge in [-0.1, -0.05) is 48.5 Å². The van der Waals surface area contributed by atoms with Crippen molar-refractivity contribution in [1.29, 1.82) is 0 Å². The number of benzene rings is 2. The van der Waals surface area contributed by atoms with Crippen LogP contribution in [0.4, 0.5) is 5.69 Å². The number of carbonyl (C=O) groups excluding carboxylic acids is 2. The zero-order valence-electron chi connectivity index (χ0n) is 15.7. The molecular weight excluding hydrogens is 368 g/mol. The highest BCUT2D eigenvalue weighted by Crippen LogP contribution is 2.38. The van der Waals surface area contributed by atoms with E-state index in [9.17, 15) is 9.59 Å². The Morgan fingerprint density at radius 1 is 0.897 bits per heavy atom. The fourth-order valence-corrected chi connectivity index (χ4v) is 3.88. The number of para-hydroxylation sites is 1. The van der Waals surface area contributed by atoms with E-state index in [2.05, 4.69) is 10.2 Å². The molecule has 1 N–H and O–H groups in total. The van der Waals surface area contributed by atoms with Gasteiger partial charge in [0.25, 0.3) is 11.8 Å². The summed E-state index contributed by atoms with van der Waals surface area (Å²) in [6, 6.07) is 18.1. The summed E-state index contributed by atoms with van der Waals surface area (Å²) in [5.74, 6) is -0.0721. The summed E-state index contributed by atoms with van der Waals surface area (Å²) in [6.07, 6.45) is 0. The Hall–Kier alpha value is -3.45. The minimum absolute atomic E-state index is 0.309. The number of morpholine rings is 1. The molecule has 1 saturated heterocycles. The summed E-state index contributed by atoms with van der Waals surface area (Å²) in [5.41, 5.74) is 2.13. The first-order valence-corrected chi connectivity index (χ1v) is 9.64. The van der Waals surface area contributed by atoms with E-state index in [4.69, 9.17) is 9.73 Å².